The molecule has 0 radical (unpaired) electrons. The van der Waals surface area contributed by atoms with Crippen molar-refractivity contribution in [3.63, 3.8) is 0 Å². The molecule has 0 aromatic heterocycles. The van der Waals surface area contributed by atoms with Crippen molar-refractivity contribution in [2.24, 2.45) is 4.99 Å². The molecule has 164 valence electrons. The first kappa shape index (κ1) is 25.5. The summed E-state index contributed by atoms with van der Waals surface area (Å²) in [6.07, 6.45) is 8.01. The normalized spacial score (nSPS) is 13.4. The molecular formula is C22H37IN4O2. The van der Waals surface area contributed by atoms with Crippen LogP contribution in [0.2, 0.25) is 0 Å². The van der Waals surface area contributed by atoms with Gasteiger partial charge < -0.3 is 20.7 Å². The minimum atomic E-state index is -0.0410. The number of aliphatic imine (C=N–C) groups is 1. The summed E-state index contributed by atoms with van der Waals surface area (Å²) in [4.78, 5) is 16.3. The monoisotopic (exact) mass is 516 g/mol. The highest BCUT2D eigenvalue weighted by Gasteiger charge is 2.23. The summed E-state index contributed by atoms with van der Waals surface area (Å²) in [5.41, 5.74) is 1.22. The molecule has 7 heteroatoms. The highest BCUT2D eigenvalue weighted by atomic mass is 127. The van der Waals surface area contributed by atoms with Crippen molar-refractivity contribution in [2.45, 2.75) is 64.8 Å². The molecule has 0 spiro atoms. The van der Waals surface area contributed by atoms with Gasteiger partial charge in [0.05, 0.1) is 0 Å². The third kappa shape index (κ3) is 11.9. The Morgan fingerprint density at radius 2 is 1.86 bits per heavy atom. The zero-order chi connectivity index (χ0) is 20.0. The molecule has 0 aliphatic heterocycles. The van der Waals surface area contributed by atoms with Crippen molar-refractivity contribution in [2.75, 3.05) is 26.2 Å². The fourth-order valence-electron chi connectivity index (χ4n) is 2.79. The van der Waals surface area contributed by atoms with Crippen LogP contribution in [0.25, 0.3) is 0 Å². The topological polar surface area (TPSA) is 74.8 Å². The summed E-state index contributed by atoms with van der Waals surface area (Å²) < 4.78 is 5.54. The van der Waals surface area contributed by atoms with Crippen LogP contribution in [0.5, 0.6) is 5.75 Å². The highest BCUT2D eigenvalue weighted by molar-refractivity contribution is 14.0. The predicted molar refractivity (Wildman–Crippen MR) is 130 cm³/mol. The van der Waals surface area contributed by atoms with Crippen molar-refractivity contribution >= 4 is 35.8 Å². The molecule has 29 heavy (non-hydrogen) atoms. The average molecular weight is 516 g/mol. The smallest absolute Gasteiger partial charge is 0.258 e. The van der Waals surface area contributed by atoms with E-state index in [1.165, 1.54) is 24.8 Å². The van der Waals surface area contributed by atoms with E-state index < -0.39 is 0 Å². The summed E-state index contributed by atoms with van der Waals surface area (Å²) >= 11 is 0. The lowest BCUT2D eigenvalue weighted by atomic mass is 10.1. The number of rotatable bonds is 13. The Labute approximate surface area is 192 Å². The van der Waals surface area contributed by atoms with Gasteiger partial charge in [-0.15, -0.1) is 24.0 Å². The lowest BCUT2D eigenvalue weighted by molar-refractivity contribution is -0.123. The number of hydrogen-bond acceptors (Lipinski definition) is 3. The number of hydrogen-bond donors (Lipinski definition) is 3. The van der Waals surface area contributed by atoms with Gasteiger partial charge in [-0.05, 0) is 50.3 Å². The van der Waals surface area contributed by atoms with E-state index in [9.17, 15) is 4.79 Å². The van der Waals surface area contributed by atoms with Crippen LogP contribution >= 0.6 is 24.0 Å². The lowest BCUT2D eigenvalue weighted by Gasteiger charge is -2.12. The molecule has 1 aromatic rings. The number of unbranched alkanes of at least 4 members (excludes halogenated alkanes) is 3. The van der Waals surface area contributed by atoms with Crippen LogP contribution in [-0.4, -0.2) is 44.1 Å². The zero-order valence-electron chi connectivity index (χ0n) is 17.8. The van der Waals surface area contributed by atoms with Gasteiger partial charge >= 0.3 is 0 Å². The van der Waals surface area contributed by atoms with Gasteiger partial charge in [-0.1, -0.05) is 38.3 Å². The van der Waals surface area contributed by atoms with E-state index in [-0.39, 0.29) is 36.5 Å². The number of carbonyl (C=O) groups is 1. The molecule has 2 rings (SSSR count). The molecule has 0 saturated heterocycles. The number of guanidine groups is 1. The van der Waals surface area contributed by atoms with Gasteiger partial charge in [0.15, 0.2) is 12.6 Å². The summed E-state index contributed by atoms with van der Waals surface area (Å²) in [7, 11) is 0. The standard InChI is InChI=1S/C22H36N4O2.HI/c1-3-5-6-7-15-24-22(23-4-2)25-16-14-18-8-12-20(13-9-18)28-17-21(27)26-19-10-11-19;/h8-9,12-13,19H,3-7,10-11,14-17H2,1-2H3,(H,26,27)(H2,23,24,25);1H. The fraction of sp³-hybridized carbons (Fsp3) is 0.636. The van der Waals surface area contributed by atoms with Gasteiger partial charge in [-0.3, -0.25) is 9.79 Å². The number of nitrogens with one attached hydrogen (secondary N) is 3. The Bertz CT molecular complexity index is 603. The maximum absolute atomic E-state index is 11.7. The van der Waals surface area contributed by atoms with Crippen LogP contribution in [0.3, 0.4) is 0 Å². The molecule has 1 saturated carbocycles. The van der Waals surface area contributed by atoms with E-state index >= 15 is 0 Å². The number of benzene rings is 1. The van der Waals surface area contributed by atoms with Gasteiger partial charge in [0.2, 0.25) is 0 Å². The van der Waals surface area contributed by atoms with E-state index in [4.69, 9.17) is 4.74 Å². The third-order valence-electron chi connectivity index (χ3n) is 4.57. The fourth-order valence-corrected chi connectivity index (χ4v) is 2.79. The number of carbonyl (C=O) groups excluding carboxylic acids is 1. The van der Waals surface area contributed by atoms with Gasteiger partial charge in [0, 0.05) is 25.7 Å². The van der Waals surface area contributed by atoms with Crippen LogP contribution in [0, 0.1) is 0 Å². The largest absolute Gasteiger partial charge is 0.484 e. The van der Waals surface area contributed by atoms with Crippen LogP contribution in [0.4, 0.5) is 0 Å². The van der Waals surface area contributed by atoms with Crippen molar-refractivity contribution in [1.29, 1.82) is 0 Å². The second-order valence-electron chi connectivity index (χ2n) is 7.27. The molecule has 1 aliphatic rings. The first-order valence-electron chi connectivity index (χ1n) is 10.7. The van der Waals surface area contributed by atoms with E-state index in [1.54, 1.807) is 0 Å². The van der Waals surface area contributed by atoms with E-state index in [2.05, 4.69) is 34.8 Å². The SMILES string of the molecule is CCCCCCN=C(NCC)NCCc1ccc(OCC(=O)NC2CC2)cc1.I. The van der Waals surface area contributed by atoms with Crippen molar-refractivity contribution in [3.8, 4) is 5.75 Å². The van der Waals surface area contributed by atoms with E-state index in [0.29, 0.717) is 6.04 Å². The average Bonchev–Trinajstić information content (AvgIpc) is 3.51. The summed E-state index contributed by atoms with van der Waals surface area (Å²) in [5.74, 6) is 1.57. The molecule has 1 fully saturated rings. The third-order valence-corrected chi connectivity index (χ3v) is 4.57. The highest BCUT2D eigenvalue weighted by Crippen LogP contribution is 2.18. The maximum atomic E-state index is 11.7. The van der Waals surface area contributed by atoms with Crippen LogP contribution in [0.1, 0.15) is 57.9 Å². The van der Waals surface area contributed by atoms with Crippen molar-refractivity contribution in [1.82, 2.24) is 16.0 Å². The van der Waals surface area contributed by atoms with Gasteiger partial charge in [0.1, 0.15) is 5.75 Å². The molecule has 3 N–H and O–H groups in total. The first-order chi connectivity index (χ1) is 13.7. The molecule has 0 heterocycles. The van der Waals surface area contributed by atoms with Crippen LogP contribution < -0.4 is 20.7 Å². The van der Waals surface area contributed by atoms with E-state index in [1.807, 2.05) is 24.3 Å². The Hall–Kier alpha value is -1.51. The molecule has 0 atom stereocenters. The van der Waals surface area contributed by atoms with Crippen LogP contribution in [0.15, 0.2) is 29.3 Å². The van der Waals surface area contributed by atoms with Gasteiger partial charge in [-0.2, -0.15) is 0 Å². The van der Waals surface area contributed by atoms with E-state index in [0.717, 1.165) is 57.0 Å². The summed E-state index contributed by atoms with van der Waals surface area (Å²) in [6, 6.07) is 8.31. The number of amides is 1. The lowest BCUT2D eigenvalue weighted by Crippen LogP contribution is -2.38. The number of halogens is 1. The Morgan fingerprint density at radius 1 is 1.10 bits per heavy atom. The number of nitrogens with zero attached hydrogens (tertiary/aromatic N) is 1. The Morgan fingerprint density at radius 3 is 2.52 bits per heavy atom. The molecule has 1 aliphatic carbocycles. The molecular weight excluding hydrogens is 479 g/mol. The Balaban J connectivity index is 0.00000420. The van der Waals surface area contributed by atoms with Gasteiger partial charge in [-0.25, -0.2) is 0 Å². The molecule has 1 aromatic carbocycles. The zero-order valence-corrected chi connectivity index (χ0v) is 20.2. The van der Waals surface area contributed by atoms with Crippen molar-refractivity contribution in [3.05, 3.63) is 29.8 Å². The quantitative estimate of drug-likeness (QED) is 0.162. The van der Waals surface area contributed by atoms with Crippen molar-refractivity contribution < 1.29 is 9.53 Å². The molecule has 1 amide bonds. The minimum absolute atomic E-state index is 0. The molecule has 0 unspecified atom stereocenters. The minimum Gasteiger partial charge on any atom is -0.484 e. The number of ether oxygens (including phenoxy) is 1. The maximum Gasteiger partial charge on any atom is 0.258 e. The Kier molecular flexibility index (Phi) is 13.5. The van der Waals surface area contributed by atoms with Gasteiger partial charge in [0.25, 0.3) is 5.91 Å². The summed E-state index contributed by atoms with van der Waals surface area (Å²) in [6.45, 7) is 6.94. The molecule has 6 nitrogen and oxygen atoms in total. The molecule has 0 bridgehead atoms. The summed E-state index contributed by atoms with van der Waals surface area (Å²) in [5, 5.41) is 9.61. The first-order valence-corrected chi connectivity index (χ1v) is 10.7. The predicted octanol–water partition coefficient (Wildman–Crippen LogP) is 3.64. The second-order valence-corrected chi connectivity index (χ2v) is 7.27. The van der Waals surface area contributed by atoms with Crippen LogP contribution in [-0.2, 0) is 11.2 Å². The second kappa shape index (κ2) is 15.3.